The average molecular weight is 470 g/mol. The van der Waals surface area contributed by atoms with Crippen molar-refractivity contribution in [3.8, 4) is 0 Å². The van der Waals surface area contributed by atoms with Crippen LogP contribution in [0, 0.1) is 0 Å². The molecule has 0 bridgehead atoms. The second-order valence-electron chi connectivity index (χ2n) is 6.44. The lowest BCUT2D eigenvalue weighted by molar-refractivity contribution is -0.301. The molecule has 1 aromatic carbocycles. The zero-order chi connectivity index (χ0) is 24.6. The van der Waals surface area contributed by atoms with Crippen molar-refractivity contribution in [2.24, 2.45) is 0 Å². The van der Waals surface area contributed by atoms with Crippen LogP contribution in [0.4, 0.5) is 4.79 Å². The van der Waals surface area contributed by atoms with E-state index in [0.717, 1.165) is 19.6 Å². The number of likely N-dealkylation sites (N-methyl/N-ethyl adjacent to an activating group) is 1. The van der Waals surface area contributed by atoms with Crippen LogP contribution in [0.3, 0.4) is 0 Å². The predicted octanol–water partition coefficient (Wildman–Crippen LogP) is -1.12. The Morgan fingerprint density at radius 3 is 1.88 bits per heavy atom. The van der Waals surface area contributed by atoms with Gasteiger partial charge in [-0.25, -0.2) is 13.2 Å². The number of carboxylic acids is 2. The summed E-state index contributed by atoms with van der Waals surface area (Å²) in [4.78, 5) is 35.1. The third-order valence-corrected chi connectivity index (χ3v) is 6.07. The van der Waals surface area contributed by atoms with E-state index in [1.807, 2.05) is 6.92 Å². The van der Waals surface area contributed by atoms with Crippen LogP contribution in [0.15, 0.2) is 47.4 Å². The summed E-state index contributed by atoms with van der Waals surface area (Å²) in [5.74, 6) is -3.17. The molecule has 180 valence electrons. The molecule has 0 aliphatic carbocycles. The third kappa shape index (κ3) is 12.7. The number of urea groups is 1. The molecule has 0 saturated heterocycles. The minimum Gasteiger partial charge on any atom is -0.545 e. The number of hydrogen-bond acceptors (Lipinski definition) is 8. The molecule has 1 rings (SSSR count). The number of amides is 2. The highest BCUT2D eigenvalue weighted by Crippen LogP contribution is 2.10. The van der Waals surface area contributed by atoms with Gasteiger partial charge in [-0.05, 0) is 44.3 Å². The fourth-order valence-electron chi connectivity index (χ4n) is 2.49. The Hall–Kier alpha value is -2.92. The van der Waals surface area contributed by atoms with E-state index in [1.165, 1.54) is 4.90 Å². The van der Waals surface area contributed by atoms with Gasteiger partial charge in [0.15, 0.2) is 9.84 Å². The Kier molecular flexibility index (Phi) is 14.4. The van der Waals surface area contributed by atoms with Crippen molar-refractivity contribution in [1.82, 2.24) is 15.1 Å². The van der Waals surface area contributed by atoms with Gasteiger partial charge in [-0.1, -0.05) is 32.0 Å². The zero-order valence-electron chi connectivity index (χ0n) is 18.7. The third-order valence-electron chi connectivity index (χ3n) is 4.36. The molecule has 10 nitrogen and oxygen atoms in total. The van der Waals surface area contributed by atoms with Crippen LogP contribution in [0.2, 0.25) is 0 Å². The van der Waals surface area contributed by atoms with Crippen LogP contribution in [0.5, 0.6) is 0 Å². The maximum Gasteiger partial charge on any atom is 0.317 e. The smallest absolute Gasteiger partial charge is 0.317 e. The number of nitrogens with one attached hydrogen (secondary N) is 1. The molecule has 0 aliphatic rings. The molecule has 32 heavy (non-hydrogen) atoms. The summed E-state index contributed by atoms with van der Waals surface area (Å²) in [5.41, 5.74) is 0. The summed E-state index contributed by atoms with van der Waals surface area (Å²) in [6.45, 7) is 9.90. The van der Waals surface area contributed by atoms with Gasteiger partial charge in [0.05, 0.1) is 22.6 Å². The molecule has 0 heterocycles. The highest BCUT2D eigenvalue weighted by atomic mass is 32.2. The standard InChI is InChI=1S/C17H29N3O3S.C4H4O4/c1-4-19(5-2)13-12-18-17(21)20(6-3)14-15-24(22,23)16-10-8-7-9-11-16;5-3(6)1-2-4(7)8/h7-11H,4-6,12-15H2,1-3H3,(H,18,21);1-2H,(H,5,6)(H,7,8)/p-2/b;2-1+. The van der Waals surface area contributed by atoms with Crippen molar-refractivity contribution in [2.75, 3.05) is 45.0 Å². The Labute approximate surface area is 189 Å². The van der Waals surface area contributed by atoms with E-state index in [0.29, 0.717) is 30.1 Å². The Balaban J connectivity index is 0.00000102. The summed E-state index contributed by atoms with van der Waals surface area (Å²) in [6.07, 6.45) is 0.769. The fourth-order valence-corrected chi connectivity index (χ4v) is 3.76. The first kappa shape index (κ1) is 29.1. The number of sulfone groups is 1. The quantitative estimate of drug-likeness (QED) is 0.378. The van der Waals surface area contributed by atoms with Gasteiger partial charge in [0.1, 0.15) is 0 Å². The molecule has 0 aromatic heterocycles. The van der Waals surface area contributed by atoms with Crippen LogP contribution in [0.1, 0.15) is 20.8 Å². The largest absolute Gasteiger partial charge is 0.545 e. The topological polar surface area (TPSA) is 150 Å². The first-order valence-electron chi connectivity index (χ1n) is 10.2. The van der Waals surface area contributed by atoms with E-state index in [-0.39, 0.29) is 18.3 Å². The maximum absolute atomic E-state index is 12.3. The van der Waals surface area contributed by atoms with Gasteiger partial charge in [-0.3, -0.25) is 0 Å². The molecule has 0 aliphatic heterocycles. The summed E-state index contributed by atoms with van der Waals surface area (Å²) in [7, 11) is -3.37. The van der Waals surface area contributed by atoms with Gasteiger partial charge in [-0.2, -0.15) is 0 Å². The number of carbonyl (C=O) groups is 3. The van der Waals surface area contributed by atoms with Crippen LogP contribution < -0.4 is 15.5 Å². The van der Waals surface area contributed by atoms with Gasteiger partial charge < -0.3 is 34.9 Å². The normalized spacial score (nSPS) is 11.0. The predicted molar refractivity (Wildman–Crippen MR) is 116 cm³/mol. The summed E-state index contributed by atoms with van der Waals surface area (Å²) >= 11 is 0. The zero-order valence-corrected chi connectivity index (χ0v) is 19.5. The van der Waals surface area contributed by atoms with E-state index >= 15 is 0 Å². The van der Waals surface area contributed by atoms with Crippen LogP contribution in [0.25, 0.3) is 0 Å². The first-order valence-corrected chi connectivity index (χ1v) is 11.9. The summed E-state index contributed by atoms with van der Waals surface area (Å²) < 4.78 is 24.6. The van der Waals surface area contributed by atoms with Crippen LogP contribution in [-0.4, -0.2) is 81.2 Å². The van der Waals surface area contributed by atoms with E-state index in [9.17, 15) is 33.0 Å². The van der Waals surface area contributed by atoms with Gasteiger partial charge in [0, 0.05) is 26.2 Å². The summed E-state index contributed by atoms with van der Waals surface area (Å²) in [5, 5.41) is 21.7. The van der Waals surface area contributed by atoms with E-state index < -0.39 is 21.8 Å². The lowest BCUT2D eigenvalue weighted by Crippen LogP contribution is -2.44. The number of carbonyl (C=O) groups excluding carboxylic acids is 3. The van der Waals surface area contributed by atoms with Crippen molar-refractivity contribution in [3.05, 3.63) is 42.5 Å². The highest BCUT2D eigenvalue weighted by molar-refractivity contribution is 7.91. The molecule has 0 atom stereocenters. The minimum atomic E-state index is -3.37. The molecule has 0 saturated carbocycles. The maximum atomic E-state index is 12.3. The van der Waals surface area contributed by atoms with Gasteiger partial charge in [0.2, 0.25) is 0 Å². The second-order valence-corrected chi connectivity index (χ2v) is 8.55. The van der Waals surface area contributed by atoms with Gasteiger partial charge >= 0.3 is 6.03 Å². The van der Waals surface area contributed by atoms with Crippen molar-refractivity contribution < 1.29 is 33.0 Å². The van der Waals surface area contributed by atoms with Crippen LogP contribution in [-0.2, 0) is 19.4 Å². The monoisotopic (exact) mass is 469 g/mol. The number of hydrogen-bond donors (Lipinski definition) is 1. The molecule has 0 fully saturated rings. The molecular weight excluding hydrogens is 438 g/mol. The number of benzene rings is 1. The second kappa shape index (κ2) is 15.8. The minimum absolute atomic E-state index is 0.0751. The fraction of sp³-hybridized carbons (Fsp3) is 0.476. The Morgan fingerprint density at radius 2 is 1.44 bits per heavy atom. The van der Waals surface area contributed by atoms with Crippen molar-refractivity contribution in [1.29, 1.82) is 0 Å². The molecule has 0 spiro atoms. The van der Waals surface area contributed by atoms with E-state index in [4.69, 9.17) is 0 Å². The molecule has 1 N–H and O–H groups in total. The highest BCUT2D eigenvalue weighted by Gasteiger charge is 2.18. The van der Waals surface area contributed by atoms with Crippen molar-refractivity contribution >= 4 is 27.8 Å². The SMILES string of the molecule is CCN(CC)CCNC(=O)N(CC)CCS(=O)(=O)c1ccccc1.O=C([O-])/C=C/C(=O)[O-]. The average Bonchev–Trinajstić information content (AvgIpc) is 2.76. The lowest BCUT2D eigenvalue weighted by Gasteiger charge is -2.23. The Bertz CT molecular complexity index is 822. The van der Waals surface area contributed by atoms with Crippen molar-refractivity contribution in [3.63, 3.8) is 0 Å². The van der Waals surface area contributed by atoms with E-state index in [1.54, 1.807) is 30.3 Å². The molecule has 11 heteroatoms. The molecule has 0 radical (unpaired) electrons. The molecule has 2 amide bonds. The first-order chi connectivity index (χ1) is 15.1. The van der Waals surface area contributed by atoms with Gasteiger partial charge in [0.25, 0.3) is 0 Å². The number of nitrogens with zero attached hydrogens (tertiary/aromatic N) is 2. The summed E-state index contributed by atoms with van der Waals surface area (Å²) in [6, 6.07) is 8.12. The van der Waals surface area contributed by atoms with E-state index in [2.05, 4.69) is 24.1 Å². The van der Waals surface area contributed by atoms with Crippen molar-refractivity contribution in [2.45, 2.75) is 25.7 Å². The number of aliphatic carboxylic acids is 2. The number of rotatable bonds is 12. The number of carboxylic acid groups (broad SMARTS) is 2. The lowest BCUT2D eigenvalue weighted by atomic mass is 10.4. The molecule has 0 unspecified atom stereocenters. The molecule has 1 aromatic rings. The van der Waals surface area contributed by atoms with Gasteiger partial charge in [-0.15, -0.1) is 0 Å². The van der Waals surface area contributed by atoms with Crippen LogP contribution >= 0.6 is 0 Å². The Morgan fingerprint density at radius 1 is 0.906 bits per heavy atom. The molecular formula is C21H31N3O7S-2.